The summed E-state index contributed by atoms with van der Waals surface area (Å²) in [6, 6.07) is 6.14. The van der Waals surface area contributed by atoms with Crippen LogP contribution in [0.15, 0.2) is 28.8 Å². The molecule has 1 fully saturated rings. The van der Waals surface area contributed by atoms with Crippen LogP contribution in [0.2, 0.25) is 0 Å². The molecule has 1 aromatic carbocycles. The number of halogens is 1. The quantitative estimate of drug-likeness (QED) is 0.788. The third-order valence-corrected chi connectivity index (χ3v) is 4.53. The largest absolute Gasteiger partial charge is 0.396 e. The second-order valence-electron chi connectivity index (χ2n) is 6.39. The maximum Gasteiger partial charge on any atom is 0.231 e. The number of nitrogens with zero attached hydrogens (tertiary/aromatic N) is 3. The second-order valence-corrected chi connectivity index (χ2v) is 6.39. The Kier molecular flexibility index (Phi) is 5.93. The van der Waals surface area contributed by atoms with Gasteiger partial charge in [0, 0.05) is 18.7 Å². The number of piperidine rings is 1. The standard InChI is InChI=1S/C18H24FN3O2/c19-16-8-6-14(7-9-16)17-20-18(24-21-17)15-5-4-11-22(13-15)10-2-1-3-12-23/h6-9,15,23H,1-5,10-13H2. The number of aliphatic hydroxyl groups is 1. The first-order valence-electron chi connectivity index (χ1n) is 8.69. The minimum Gasteiger partial charge on any atom is -0.396 e. The Morgan fingerprint density at radius 1 is 1.21 bits per heavy atom. The van der Waals surface area contributed by atoms with Crippen molar-refractivity contribution in [2.75, 3.05) is 26.2 Å². The minimum absolute atomic E-state index is 0.262. The Morgan fingerprint density at radius 3 is 2.83 bits per heavy atom. The van der Waals surface area contributed by atoms with Crippen LogP contribution in [0.25, 0.3) is 11.4 Å². The Morgan fingerprint density at radius 2 is 2.04 bits per heavy atom. The molecule has 1 atom stereocenters. The van der Waals surface area contributed by atoms with Gasteiger partial charge in [0.05, 0.1) is 5.92 Å². The smallest absolute Gasteiger partial charge is 0.231 e. The van der Waals surface area contributed by atoms with Crippen molar-refractivity contribution in [3.8, 4) is 11.4 Å². The molecule has 0 aliphatic carbocycles. The summed E-state index contributed by atoms with van der Waals surface area (Å²) < 4.78 is 18.5. The Bertz CT molecular complexity index is 629. The summed E-state index contributed by atoms with van der Waals surface area (Å²) in [5.74, 6) is 1.18. The number of hydrogen-bond donors (Lipinski definition) is 1. The van der Waals surface area contributed by atoms with E-state index in [0.717, 1.165) is 57.3 Å². The van der Waals surface area contributed by atoms with Gasteiger partial charge in [0.25, 0.3) is 0 Å². The summed E-state index contributed by atoms with van der Waals surface area (Å²) in [4.78, 5) is 6.96. The highest BCUT2D eigenvalue weighted by Gasteiger charge is 2.25. The normalized spacial score (nSPS) is 18.8. The lowest BCUT2D eigenvalue weighted by atomic mass is 9.97. The monoisotopic (exact) mass is 333 g/mol. The molecule has 6 heteroatoms. The molecule has 0 amide bonds. The van der Waals surface area contributed by atoms with Crippen molar-refractivity contribution in [1.82, 2.24) is 15.0 Å². The predicted molar refractivity (Wildman–Crippen MR) is 89.0 cm³/mol. The summed E-state index contributed by atoms with van der Waals surface area (Å²) in [5.41, 5.74) is 0.767. The van der Waals surface area contributed by atoms with Gasteiger partial charge >= 0.3 is 0 Å². The molecule has 0 radical (unpaired) electrons. The second kappa shape index (κ2) is 8.35. The molecule has 1 aliphatic rings. The zero-order valence-electron chi connectivity index (χ0n) is 13.8. The van der Waals surface area contributed by atoms with E-state index in [4.69, 9.17) is 9.63 Å². The topological polar surface area (TPSA) is 62.4 Å². The molecule has 2 aromatic rings. The summed E-state index contributed by atoms with van der Waals surface area (Å²) >= 11 is 0. The van der Waals surface area contributed by atoms with Gasteiger partial charge in [0.1, 0.15) is 5.82 Å². The van der Waals surface area contributed by atoms with E-state index in [-0.39, 0.29) is 18.3 Å². The first-order valence-corrected chi connectivity index (χ1v) is 8.69. The van der Waals surface area contributed by atoms with Crippen LogP contribution < -0.4 is 0 Å². The zero-order chi connectivity index (χ0) is 16.8. The molecule has 3 rings (SSSR count). The molecule has 1 N–H and O–H groups in total. The van der Waals surface area contributed by atoms with Crippen molar-refractivity contribution >= 4 is 0 Å². The molecule has 24 heavy (non-hydrogen) atoms. The molecule has 0 saturated carbocycles. The van der Waals surface area contributed by atoms with E-state index >= 15 is 0 Å². The number of likely N-dealkylation sites (tertiary alicyclic amines) is 1. The molecule has 2 heterocycles. The van der Waals surface area contributed by atoms with Crippen molar-refractivity contribution in [3.63, 3.8) is 0 Å². The van der Waals surface area contributed by atoms with Crippen LogP contribution in [-0.2, 0) is 0 Å². The predicted octanol–water partition coefficient (Wildman–Crippen LogP) is 3.22. The van der Waals surface area contributed by atoms with Gasteiger partial charge in [-0.05, 0) is 69.5 Å². The van der Waals surface area contributed by atoms with Gasteiger partial charge in [-0.2, -0.15) is 4.98 Å². The van der Waals surface area contributed by atoms with Gasteiger partial charge in [-0.1, -0.05) is 5.16 Å². The van der Waals surface area contributed by atoms with Crippen LogP contribution in [0.4, 0.5) is 4.39 Å². The first-order chi connectivity index (χ1) is 11.8. The number of aliphatic hydroxyl groups excluding tert-OH is 1. The average Bonchev–Trinajstić information content (AvgIpc) is 3.10. The summed E-state index contributed by atoms with van der Waals surface area (Å²) in [6.45, 7) is 3.37. The highest BCUT2D eigenvalue weighted by molar-refractivity contribution is 5.53. The molecule has 1 saturated heterocycles. The summed E-state index contributed by atoms with van der Waals surface area (Å²) in [5, 5.41) is 12.9. The molecule has 1 aliphatic heterocycles. The lowest BCUT2D eigenvalue weighted by molar-refractivity contribution is 0.182. The van der Waals surface area contributed by atoms with E-state index in [1.165, 1.54) is 12.1 Å². The van der Waals surface area contributed by atoms with Gasteiger partial charge in [0.15, 0.2) is 0 Å². The molecular formula is C18H24FN3O2. The Hall–Kier alpha value is -1.79. The van der Waals surface area contributed by atoms with E-state index < -0.39 is 0 Å². The van der Waals surface area contributed by atoms with E-state index in [9.17, 15) is 4.39 Å². The van der Waals surface area contributed by atoms with Crippen LogP contribution in [0.1, 0.15) is 43.9 Å². The van der Waals surface area contributed by atoms with Gasteiger partial charge in [0.2, 0.25) is 11.7 Å². The maximum absolute atomic E-state index is 13.0. The molecule has 0 bridgehead atoms. The van der Waals surface area contributed by atoms with E-state index in [1.807, 2.05) is 0 Å². The van der Waals surface area contributed by atoms with Crippen molar-refractivity contribution in [1.29, 1.82) is 0 Å². The Balaban J connectivity index is 1.59. The average molecular weight is 333 g/mol. The third kappa shape index (κ3) is 4.39. The SMILES string of the molecule is OCCCCCN1CCCC(c2nc(-c3ccc(F)cc3)no2)C1. The number of hydrogen-bond acceptors (Lipinski definition) is 5. The number of aromatic nitrogens is 2. The van der Waals surface area contributed by atoms with E-state index in [2.05, 4.69) is 15.0 Å². The molecule has 0 spiro atoms. The van der Waals surface area contributed by atoms with Crippen molar-refractivity contribution in [2.24, 2.45) is 0 Å². The Labute approximate surface area is 141 Å². The van der Waals surface area contributed by atoms with Crippen molar-refractivity contribution in [3.05, 3.63) is 36.0 Å². The van der Waals surface area contributed by atoms with Gasteiger partial charge in [-0.15, -0.1) is 0 Å². The van der Waals surface area contributed by atoms with E-state index in [1.54, 1.807) is 12.1 Å². The molecular weight excluding hydrogens is 309 g/mol. The lowest BCUT2D eigenvalue weighted by Gasteiger charge is -2.30. The lowest BCUT2D eigenvalue weighted by Crippen LogP contribution is -2.35. The molecule has 5 nitrogen and oxygen atoms in total. The van der Waals surface area contributed by atoms with Crippen LogP contribution in [0, 0.1) is 5.82 Å². The van der Waals surface area contributed by atoms with Gasteiger partial charge < -0.3 is 14.5 Å². The van der Waals surface area contributed by atoms with Crippen LogP contribution in [-0.4, -0.2) is 46.4 Å². The maximum atomic E-state index is 13.0. The number of benzene rings is 1. The van der Waals surface area contributed by atoms with Crippen molar-refractivity contribution in [2.45, 2.75) is 38.0 Å². The highest BCUT2D eigenvalue weighted by atomic mass is 19.1. The molecule has 1 unspecified atom stereocenters. The van der Waals surface area contributed by atoms with Gasteiger partial charge in [-0.3, -0.25) is 0 Å². The fraction of sp³-hybridized carbons (Fsp3) is 0.556. The highest BCUT2D eigenvalue weighted by Crippen LogP contribution is 2.27. The summed E-state index contributed by atoms with van der Waals surface area (Å²) in [6.07, 6.45) is 5.23. The van der Waals surface area contributed by atoms with Crippen LogP contribution >= 0.6 is 0 Å². The van der Waals surface area contributed by atoms with Crippen molar-refractivity contribution < 1.29 is 14.0 Å². The van der Waals surface area contributed by atoms with E-state index in [0.29, 0.717) is 11.7 Å². The number of rotatable bonds is 7. The molecule has 1 aromatic heterocycles. The fourth-order valence-corrected chi connectivity index (χ4v) is 3.20. The van der Waals surface area contributed by atoms with Crippen LogP contribution in [0.5, 0.6) is 0 Å². The zero-order valence-corrected chi connectivity index (χ0v) is 13.8. The third-order valence-electron chi connectivity index (χ3n) is 4.53. The minimum atomic E-state index is -0.272. The molecule has 130 valence electrons. The number of unbranched alkanes of at least 4 members (excludes halogenated alkanes) is 2. The van der Waals surface area contributed by atoms with Crippen LogP contribution in [0.3, 0.4) is 0 Å². The van der Waals surface area contributed by atoms with Gasteiger partial charge in [-0.25, -0.2) is 4.39 Å². The fourth-order valence-electron chi connectivity index (χ4n) is 3.20. The summed E-state index contributed by atoms with van der Waals surface area (Å²) in [7, 11) is 0. The first kappa shape index (κ1) is 17.0.